The highest BCUT2D eigenvalue weighted by molar-refractivity contribution is 5.82. The fourth-order valence-electron chi connectivity index (χ4n) is 2.72. The number of aliphatic hydroxyl groups is 1. The third-order valence-corrected chi connectivity index (χ3v) is 3.42. The van der Waals surface area contributed by atoms with Crippen LogP contribution >= 0.6 is 0 Å². The number of rotatable bonds is 0. The summed E-state index contributed by atoms with van der Waals surface area (Å²) in [7, 11) is 0. The van der Waals surface area contributed by atoms with E-state index in [1.165, 1.54) is 0 Å². The average molecular weight is 168 g/mol. The van der Waals surface area contributed by atoms with Crippen molar-refractivity contribution in [3.05, 3.63) is 0 Å². The molecule has 0 saturated heterocycles. The Labute approximate surface area is 73.0 Å². The van der Waals surface area contributed by atoms with Gasteiger partial charge in [0, 0.05) is 12.3 Å². The summed E-state index contributed by atoms with van der Waals surface area (Å²) in [5, 5.41) is 10.1. The molecule has 2 rings (SSSR count). The van der Waals surface area contributed by atoms with Crippen LogP contribution in [-0.4, -0.2) is 16.5 Å². The lowest BCUT2D eigenvalue weighted by Gasteiger charge is -2.26. The van der Waals surface area contributed by atoms with Crippen molar-refractivity contribution in [2.24, 2.45) is 5.92 Å². The maximum absolute atomic E-state index is 11.5. The predicted octanol–water partition coefficient (Wildman–Crippen LogP) is 1.66. The van der Waals surface area contributed by atoms with Crippen LogP contribution in [0.25, 0.3) is 0 Å². The molecule has 12 heavy (non-hydrogen) atoms. The van der Waals surface area contributed by atoms with Gasteiger partial charge in [-0.05, 0) is 32.1 Å². The van der Waals surface area contributed by atoms with E-state index in [1.807, 2.05) is 0 Å². The van der Waals surface area contributed by atoms with Gasteiger partial charge in [0.1, 0.15) is 5.78 Å². The maximum atomic E-state index is 11.5. The van der Waals surface area contributed by atoms with Crippen LogP contribution < -0.4 is 0 Å². The Balaban J connectivity index is 2.21. The molecule has 68 valence electrons. The molecule has 0 aromatic rings. The lowest BCUT2D eigenvalue weighted by molar-refractivity contribution is -0.129. The van der Waals surface area contributed by atoms with Crippen LogP contribution in [0.3, 0.4) is 0 Å². The minimum atomic E-state index is -0.604. The van der Waals surface area contributed by atoms with E-state index < -0.39 is 5.60 Å². The van der Waals surface area contributed by atoms with Gasteiger partial charge in [-0.15, -0.1) is 0 Å². The van der Waals surface area contributed by atoms with E-state index in [1.54, 1.807) is 0 Å². The van der Waals surface area contributed by atoms with E-state index in [0.717, 1.165) is 38.5 Å². The van der Waals surface area contributed by atoms with Crippen molar-refractivity contribution in [3.8, 4) is 0 Å². The zero-order valence-electron chi connectivity index (χ0n) is 7.38. The summed E-state index contributed by atoms with van der Waals surface area (Å²) in [5.74, 6) is 0.299. The first-order valence-corrected chi connectivity index (χ1v) is 4.97. The van der Waals surface area contributed by atoms with Crippen LogP contribution in [0.4, 0.5) is 0 Å². The van der Waals surface area contributed by atoms with Gasteiger partial charge >= 0.3 is 0 Å². The van der Waals surface area contributed by atoms with Gasteiger partial charge in [-0.2, -0.15) is 0 Å². The molecular weight excluding hydrogens is 152 g/mol. The van der Waals surface area contributed by atoms with Gasteiger partial charge in [0.15, 0.2) is 0 Å². The monoisotopic (exact) mass is 168 g/mol. The Morgan fingerprint density at radius 3 is 2.83 bits per heavy atom. The smallest absolute Gasteiger partial charge is 0.138 e. The Morgan fingerprint density at radius 1 is 1.25 bits per heavy atom. The van der Waals surface area contributed by atoms with Crippen molar-refractivity contribution >= 4 is 5.78 Å². The van der Waals surface area contributed by atoms with Crippen LogP contribution in [0, 0.1) is 5.92 Å². The lowest BCUT2D eigenvalue weighted by Crippen LogP contribution is -2.36. The molecule has 2 aliphatic rings. The predicted molar refractivity (Wildman–Crippen MR) is 45.8 cm³/mol. The molecule has 0 unspecified atom stereocenters. The molecular formula is C10H16O2. The Kier molecular flexibility index (Phi) is 1.95. The third kappa shape index (κ3) is 1.18. The van der Waals surface area contributed by atoms with Gasteiger partial charge < -0.3 is 5.11 Å². The Hall–Kier alpha value is -0.370. The molecule has 0 amide bonds. The van der Waals surface area contributed by atoms with Crippen LogP contribution in [0.15, 0.2) is 0 Å². The van der Waals surface area contributed by atoms with Gasteiger partial charge in [-0.25, -0.2) is 0 Å². The first-order valence-electron chi connectivity index (χ1n) is 4.97. The minimum absolute atomic E-state index is 0.0139. The molecule has 1 N–H and O–H groups in total. The van der Waals surface area contributed by atoms with Gasteiger partial charge in [0.05, 0.1) is 5.60 Å². The Bertz CT molecular complexity index is 200. The summed E-state index contributed by atoms with van der Waals surface area (Å²) >= 11 is 0. The minimum Gasteiger partial charge on any atom is -0.389 e. The summed E-state index contributed by atoms with van der Waals surface area (Å²) in [4.78, 5) is 11.5. The molecule has 2 aliphatic carbocycles. The van der Waals surface area contributed by atoms with Gasteiger partial charge in [0.2, 0.25) is 0 Å². The van der Waals surface area contributed by atoms with E-state index >= 15 is 0 Å². The summed E-state index contributed by atoms with van der Waals surface area (Å²) in [5.41, 5.74) is -0.604. The molecule has 0 spiro atoms. The first kappa shape index (κ1) is 8.24. The zero-order valence-corrected chi connectivity index (χ0v) is 7.38. The molecule has 0 aromatic carbocycles. The maximum Gasteiger partial charge on any atom is 0.138 e. The molecule has 2 saturated carbocycles. The number of Topliss-reactive ketones (excluding diaryl/α,β-unsaturated/α-hetero) is 1. The number of fused-ring (bicyclic) bond motifs is 1. The first-order chi connectivity index (χ1) is 5.72. The number of hydrogen-bond acceptors (Lipinski definition) is 2. The summed E-state index contributed by atoms with van der Waals surface area (Å²) in [6.45, 7) is 0. The highest BCUT2D eigenvalue weighted by atomic mass is 16.3. The van der Waals surface area contributed by atoms with Crippen LogP contribution in [0.5, 0.6) is 0 Å². The van der Waals surface area contributed by atoms with E-state index in [0.29, 0.717) is 12.2 Å². The van der Waals surface area contributed by atoms with E-state index in [9.17, 15) is 9.90 Å². The molecule has 2 nitrogen and oxygen atoms in total. The fraction of sp³-hybridized carbons (Fsp3) is 0.900. The lowest BCUT2D eigenvalue weighted by atomic mass is 9.86. The van der Waals surface area contributed by atoms with Crippen molar-refractivity contribution in [2.75, 3.05) is 0 Å². The van der Waals surface area contributed by atoms with Gasteiger partial charge in [0.25, 0.3) is 0 Å². The van der Waals surface area contributed by atoms with Crippen LogP contribution in [-0.2, 0) is 4.79 Å². The highest BCUT2D eigenvalue weighted by Crippen LogP contribution is 2.42. The standard InChI is InChI=1S/C10H16O2/c11-9-5-1-2-6-10(12)7-3-4-8(9)10/h8,12H,1-7H2/t8-,10+/m0/s1. The van der Waals surface area contributed by atoms with Gasteiger partial charge in [-0.1, -0.05) is 6.42 Å². The molecule has 0 aliphatic heterocycles. The summed E-state index contributed by atoms with van der Waals surface area (Å²) in [6, 6.07) is 0. The largest absolute Gasteiger partial charge is 0.389 e. The molecule has 0 aromatic heterocycles. The molecule has 0 bridgehead atoms. The molecule has 0 radical (unpaired) electrons. The molecule has 0 heterocycles. The highest BCUT2D eigenvalue weighted by Gasteiger charge is 2.45. The van der Waals surface area contributed by atoms with Crippen molar-refractivity contribution in [1.82, 2.24) is 0 Å². The number of carbonyl (C=O) groups excluding carboxylic acids is 1. The van der Waals surface area contributed by atoms with E-state index in [-0.39, 0.29) is 5.92 Å². The number of carbonyl (C=O) groups is 1. The van der Waals surface area contributed by atoms with Crippen molar-refractivity contribution < 1.29 is 9.90 Å². The average Bonchev–Trinajstić information content (AvgIpc) is 2.36. The zero-order chi connectivity index (χ0) is 8.60. The second-order valence-electron chi connectivity index (χ2n) is 4.22. The SMILES string of the molecule is O=C1CCCC[C@@]2(O)CCC[C@@H]12. The molecule has 2 fully saturated rings. The van der Waals surface area contributed by atoms with Crippen molar-refractivity contribution in [3.63, 3.8) is 0 Å². The number of ketones is 1. The topological polar surface area (TPSA) is 37.3 Å². The summed E-state index contributed by atoms with van der Waals surface area (Å²) < 4.78 is 0. The van der Waals surface area contributed by atoms with Crippen LogP contribution in [0.1, 0.15) is 44.9 Å². The van der Waals surface area contributed by atoms with Gasteiger partial charge in [-0.3, -0.25) is 4.79 Å². The van der Waals surface area contributed by atoms with Crippen molar-refractivity contribution in [1.29, 1.82) is 0 Å². The third-order valence-electron chi connectivity index (χ3n) is 3.42. The second kappa shape index (κ2) is 2.84. The second-order valence-corrected chi connectivity index (χ2v) is 4.22. The summed E-state index contributed by atoms with van der Waals surface area (Å²) in [6.07, 6.45) is 6.37. The van der Waals surface area contributed by atoms with Crippen molar-refractivity contribution in [2.45, 2.75) is 50.5 Å². The molecule has 2 heteroatoms. The Morgan fingerprint density at radius 2 is 2.00 bits per heavy atom. The van der Waals surface area contributed by atoms with Crippen LogP contribution in [0.2, 0.25) is 0 Å². The molecule has 2 atom stereocenters. The quantitative estimate of drug-likeness (QED) is 0.597. The fourth-order valence-corrected chi connectivity index (χ4v) is 2.72. The normalized spacial score (nSPS) is 42.4. The van der Waals surface area contributed by atoms with E-state index in [2.05, 4.69) is 0 Å². The van der Waals surface area contributed by atoms with E-state index in [4.69, 9.17) is 0 Å². The number of hydrogen-bond donors (Lipinski definition) is 1.